The zero-order valence-corrected chi connectivity index (χ0v) is 15.0. The Kier molecular flexibility index (Phi) is 7.40. The van der Waals surface area contributed by atoms with Gasteiger partial charge in [-0.2, -0.15) is 0 Å². The van der Waals surface area contributed by atoms with E-state index in [0.29, 0.717) is 32.7 Å². The lowest BCUT2D eigenvalue weighted by atomic mass is 10.1. The summed E-state index contributed by atoms with van der Waals surface area (Å²) in [5.74, 6) is -2.19. The summed E-state index contributed by atoms with van der Waals surface area (Å²) in [5, 5.41) is 6.47. The lowest BCUT2D eigenvalue weighted by Gasteiger charge is -2.35. The number of alkyl halides is 2. The van der Waals surface area contributed by atoms with E-state index in [-0.39, 0.29) is 30.7 Å². The molecule has 1 N–H and O–H groups in total. The van der Waals surface area contributed by atoms with Crippen molar-refractivity contribution in [3.63, 3.8) is 0 Å². The summed E-state index contributed by atoms with van der Waals surface area (Å²) in [7, 11) is 0. The minimum atomic E-state index is -2.77. The van der Waals surface area contributed by atoms with E-state index in [0.717, 1.165) is 11.5 Å². The third-order valence-corrected chi connectivity index (χ3v) is 4.15. The van der Waals surface area contributed by atoms with Gasteiger partial charge >= 0.3 is 0 Å². The van der Waals surface area contributed by atoms with Gasteiger partial charge in [-0.05, 0) is 6.92 Å². The molecule has 0 aliphatic carbocycles. The van der Waals surface area contributed by atoms with E-state index in [9.17, 15) is 13.6 Å². The number of hydrogen-bond donors (Lipinski definition) is 1. The summed E-state index contributed by atoms with van der Waals surface area (Å²) >= 11 is 0. The van der Waals surface area contributed by atoms with Crippen LogP contribution in [0.3, 0.4) is 0 Å². The van der Waals surface area contributed by atoms with Gasteiger partial charge in [0.05, 0.1) is 24.8 Å². The monoisotopic (exact) mass is 386 g/mol. The molecule has 2 aliphatic rings. The second-order valence-corrected chi connectivity index (χ2v) is 6.03. The number of piperazine rings is 1. The molecule has 6 nitrogen and oxygen atoms in total. The Morgan fingerprint density at radius 1 is 1.38 bits per heavy atom. The Morgan fingerprint density at radius 3 is 2.54 bits per heavy atom. The molecule has 1 atom stereocenters. The molecule has 0 saturated carbocycles. The molecule has 0 aromatic carbocycles. The van der Waals surface area contributed by atoms with Crippen LogP contribution in [0.5, 0.6) is 0 Å². The van der Waals surface area contributed by atoms with Crippen molar-refractivity contribution in [1.29, 1.82) is 0 Å². The highest BCUT2D eigenvalue weighted by molar-refractivity contribution is 5.85. The first-order valence-corrected chi connectivity index (χ1v) is 7.47. The SMILES string of the molecule is Cc1cc(CN2CCN(C(=O)C3CC(F)(F)CN3)CC2)on1.Cl.Cl. The van der Waals surface area contributed by atoms with Gasteiger partial charge in [0, 0.05) is 38.7 Å². The molecule has 0 spiro atoms. The molecule has 0 radical (unpaired) electrons. The summed E-state index contributed by atoms with van der Waals surface area (Å²) in [4.78, 5) is 16.1. The molecular formula is C14H22Cl2F2N4O2. The number of halogens is 4. The van der Waals surface area contributed by atoms with Gasteiger partial charge in [-0.1, -0.05) is 5.16 Å². The molecule has 1 aromatic heterocycles. The number of aromatic nitrogens is 1. The van der Waals surface area contributed by atoms with E-state index in [1.807, 2.05) is 13.0 Å². The summed E-state index contributed by atoms with van der Waals surface area (Å²) in [6, 6.07) is 1.14. The number of carbonyl (C=O) groups is 1. The van der Waals surface area contributed by atoms with Crippen LogP contribution >= 0.6 is 24.8 Å². The molecule has 24 heavy (non-hydrogen) atoms. The Morgan fingerprint density at radius 2 is 2.04 bits per heavy atom. The highest BCUT2D eigenvalue weighted by Gasteiger charge is 2.43. The second-order valence-electron chi connectivity index (χ2n) is 6.03. The first-order chi connectivity index (χ1) is 10.4. The number of amides is 1. The number of carbonyl (C=O) groups excluding carboxylic acids is 1. The quantitative estimate of drug-likeness (QED) is 0.851. The normalized spacial score (nSPS) is 23.5. The average molecular weight is 387 g/mol. The molecule has 0 bridgehead atoms. The Bertz CT molecular complexity index is 551. The van der Waals surface area contributed by atoms with Crippen molar-refractivity contribution in [1.82, 2.24) is 20.3 Å². The molecule has 1 aromatic rings. The van der Waals surface area contributed by atoms with Gasteiger partial charge in [-0.25, -0.2) is 8.78 Å². The van der Waals surface area contributed by atoms with Crippen LogP contribution in [0.4, 0.5) is 8.78 Å². The molecule has 2 saturated heterocycles. The lowest BCUT2D eigenvalue weighted by Crippen LogP contribution is -2.52. The third kappa shape index (κ3) is 5.02. The van der Waals surface area contributed by atoms with Crippen LogP contribution in [0.2, 0.25) is 0 Å². The maximum atomic E-state index is 13.2. The molecule has 1 unspecified atom stereocenters. The molecule has 138 valence electrons. The number of rotatable bonds is 3. The van der Waals surface area contributed by atoms with Crippen LogP contribution in [-0.2, 0) is 11.3 Å². The van der Waals surface area contributed by atoms with E-state index in [4.69, 9.17) is 4.52 Å². The molecule has 3 heterocycles. The Labute approximate surface area is 151 Å². The van der Waals surface area contributed by atoms with Gasteiger partial charge in [-0.15, -0.1) is 24.8 Å². The van der Waals surface area contributed by atoms with Crippen LogP contribution < -0.4 is 5.32 Å². The minimum absolute atomic E-state index is 0. The molecular weight excluding hydrogens is 365 g/mol. The molecule has 1 amide bonds. The van der Waals surface area contributed by atoms with Crippen molar-refractivity contribution >= 4 is 30.7 Å². The fourth-order valence-electron chi connectivity index (χ4n) is 2.95. The predicted octanol–water partition coefficient (Wildman–Crippen LogP) is 1.47. The van der Waals surface area contributed by atoms with E-state index in [1.165, 1.54) is 0 Å². The van der Waals surface area contributed by atoms with Crippen molar-refractivity contribution in [3.05, 3.63) is 17.5 Å². The second kappa shape index (κ2) is 8.42. The molecule has 2 aliphatic heterocycles. The summed E-state index contributed by atoms with van der Waals surface area (Å²) in [6.07, 6.45) is -0.399. The highest BCUT2D eigenvalue weighted by atomic mass is 35.5. The minimum Gasteiger partial charge on any atom is -0.360 e. The lowest BCUT2D eigenvalue weighted by molar-refractivity contribution is -0.135. The Balaban J connectivity index is 0.00000144. The first kappa shape index (κ1) is 21.1. The van der Waals surface area contributed by atoms with Crippen LogP contribution in [0.1, 0.15) is 17.9 Å². The van der Waals surface area contributed by atoms with Gasteiger partial charge in [0.25, 0.3) is 5.92 Å². The summed E-state index contributed by atoms with van der Waals surface area (Å²) < 4.78 is 31.5. The maximum absolute atomic E-state index is 13.2. The number of hydrogen-bond acceptors (Lipinski definition) is 5. The van der Waals surface area contributed by atoms with E-state index in [2.05, 4.69) is 15.4 Å². The largest absolute Gasteiger partial charge is 0.360 e. The zero-order valence-electron chi connectivity index (χ0n) is 13.3. The fraction of sp³-hybridized carbons (Fsp3) is 0.714. The van der Waals surface area contributed by atoms with E-state index < -0.39 is 24.9 Å². The van der Waals surface area contributed by atoms with Crippen molar-refractivity contribution in [2.24, 2.45) is 0 Å². The summed E-state index contributed by atoms with van der Waals surface area (Å²) in [5.41, 5.74) is 0.844. The predicted molar refractivity (Wildman–Crippen MR) is 88.9 cm³/mol. The molecule has 2 fully saturated rings. The maximum Gasteiger partial charge on any atom is 0.262 e. The average Bonchev–Trinajstić information content (AvgIpc) is 3.04. The van der Waals surface area contributed by atoms with Gasteiger partial charge in [-0.3, -0.25) is 15.0 Å². The Hall–Kier alpha value is -0.960. The molecule has 3 rings (SSSR count). The topological polar surface area (TPSA) is 61.6 Å². The fourth-order valence-corrected chi connectivity index (χ4v) is 2.95. The zero-order chi connectivity index (χ0) is 15.7. The number of nitrogens with zero attached hydrogens (tertiary/aromatic N) is 3. The van der Waals surface area contributed by atoms with Gasteiger partial charge in [0.15, 0.2) is 5.76 Å². The number of aryl methyl sites for hydroxylation is 1. The third-order valence-electron chi connectivity index (χ3n) is 4.15. The van der Waals surface area contributed by atoms with Gasteiger partial charge < -0.3 is 9.42 Å². The van der Waals surface area contributed by atoms with Crippen LogP contribution in [0, 0.1) is 6.92 Å². The van der Waals surface area contributed by atoms with Crippen molar-refractivity contribution in [2.75, 3.05) is 32.7 Å². The van der Waals surface area contributed by atoms with Crippen LogP contribution in [0.15, 0.2) is 10.6 Å². The smallest absolute Gasteiger partial charge is 0.262 e. The highest BCUT2D eigenvalue weighted by Crippen LogP contribution is 2.26. The van der Waals surface area contributed by atoms with E-state index >= 15 is 0 Å². The van der Waals surface area contributed by atoms with Crippen molar-refractivity contribution in [2.45, 2.75) is 31.9 Å². The summed E-state index contributed by atoms with van der Waals surface area (Å²) in [6.45, 7) is 4.62. The van der Waals surface area contributed by atoms with Crippen LogP contribution in [0.25, 0.3) is 0 Å². The molecule has 10 heteroatoms. The van der Waals surface area contributed by atoms with E-state index in [1.54, 1.807) is 4.90 Å². The van der Waals surface area contributed by atoms with Gasteiger partial charge in [0.1, 0.15) is 0 Å². The first-order valence-electron chi connectivity index (χ1n) is 7.47. The standard InChI is InChI=1S/C14H20F2N4O2.2ClH/c1-10-6-11(22-18-10)8-19-2-4-20(5-3-19)13(21)12-7-14(15,16)9-17-12;;/h6,12,17H,2-5,7-9H2,1H3;2*1H. The number of nitrogens with one attached hydrogen (secondary N) is 1. The van der Waals surface area contributed by atoms with Crippen molar-refractivity contribution < 1.29 is 18.1 Å². The van der Waals surface area contributed by atoms with Gasteiger partial charge in [0.2, 0.25) is 5.91 Å². The van der Waals surface area contributed by atoms with Crippen LogP contribution in [-0.4, -0.2) is 65.6 Å². The van der Waals surface area contributed by atoms with Crippen molar-refractivity contribution in [3.8, 4) is 0 Å².